The molecule has 0 bridgehead atoms. The molecule has 0 radical (unpaired) electrons. The molecule has 28 heavy (non-hydrogen) atoms. The Morgan fingerprint density at radius 2 is 1.86 bits per heavy atom. The normalized spacial score (nSPS) is 17.8. The second-order valence-corrected chi connectivity index (χ2v) is 8.67. The van der Waals surface area contributed by atoms with Crippen LogP contribution in [0.5, 0.6) is 0 Å². The molecule has 146 valence electrons. The number of sulfonamides is 1. The molecule has 0 saturated carbocycles. The molecule has 8 heteroatoms. The van der Waals surface area contributed by atoms with Crippen LogP contribution in [0.1, 0.15) is 30.1 Å². The van der Waals surface area contributed by atoms with E-state index in [1.807, 2.05) is 30.3 Å². The van der Waals surface area contributed by atoms with Gasteiger partial charge in [-0.1, -0.05) is 47.6 Å². The molecule has 1 saturated heterocycles. The van der Waals surface area contributed by atoms with Crippen molar-refractivity contribution in [1.82, 2.24) is 14.4 Å². The highest BCUT2D eigenvalue weighted by molar-refractivity contribution is 7.89. The van der Waals surface area contributed by atoms with Crippen LogP contribution in [0.4, 0.5) is 4.39 Å². The van der Waals surface area contributed by atoms with Crippen LogP contribution in [0.3, 0.4) is 0 Å². The number of aromatic nitrogens is 2. The smallest absolute Gasteiger partial charge is 0.246 e. The Balaban J connectivity index is 1.50. The third kappa shape index (κ3) is 3.83. The molecule has 2 heterocycles. The first-order valence-corrected chi connectivity index (χ1v) is 10.6. The van der Waals surface area contributed by atoms with Gasteiger partial charge in [0.05, 0.1) is 6.42 Å². The monoisotopic (exact) mass is 401 g/mol. The van der Waals surface area contributed by atoms with Crippen molar-refractivity contribution in [3.63, 3.8) is 0 Å². The van der Waals surface area contributed by atoms with Gasteiger partial charge in [0.2, 0.25) is 15.9 Å². The summed E-state index contributed by atoms with van der Waals surface area (Å²) in [6.45, 7) is 0.357. The van der Waals surface area contributed by atoms with E-state index in [1.165, 1.54) is 22.5 Å². The van der Waals surface area contributed by atoms with Crippen molar-refractivity contribution in [2.75, 3.05) is 6.54 Å². The Morgan fingerprint density at radius 1 is 1.11 bits per heavy atom. The van der Waals surface area contributed by atoms with Crippen molar-refractivity contribution in [2.45, 2.75) is 36.6 Å². The van der Waals surface area contributed by atoms with Gasteiger partial charge in [-0.25, -0.2) is 12.8 Å². The lowest BCUT2D eigenvalue weighted by Crippen LogP contribution is -2.37. The lowest BCUT2D eigenvalue weighted by Gasteiger charge is -2.23. The summed E-state index contributed by atoms with van der Waals surface area (Å²) in [4.78, 5) is 4.11. The lowest BCUT2D eigenvalue weighted by atomic mass is 10.1. The van der Waals surface area contributed by atoms with Gasteiger partial charge < -0.3 is 4.52 Å². The van der Waals surface area contributed by atoms with E-state index in [9.17, 15) is 12.8 Å². The molecule has 1 unspecified atom stereocenters. The molecule has 1 aromatic heterocycles. The number of benzene rings is 2. The minimum atomic E-state index is -3.91. The van der Waals surface area contributed by atoms with Crippen molar-refractivity contribution in [3.05, 3.63) is 77.7 Å². The Bertz CT molecular complexity index is 1050. The predicted octanol–water partition coefficient (Wildman–Crippen LogP) is 3.20. The molecule has 2 aromatic carbocycles. The number of halogens is 1. The minimum Gasteiger partial charge on any atom is -0.339 e. The van der Waals surface area contributed by atoms with Gasteiger partial charge in [-0.3, -0.25) is 0 Å². The van der Waals surface area contributed by atoms with Crippen molar-refractivity contribution < 1.29 is 17.3 Å². The highest BCUT2D eigenvalue weighted by atomic mass is 32.2. The molecule has 4 rings (SSSR count). The van der Waals surface area contributed by atoms with Crippen molar-refractivity contribution in [3.8, 4) is 0 Å². The van der Waals surface area contributed by atoms with Crippen molar-refractivity contribution in [2.24, 2.45) is 0 Å². The average Bonchev–Trinajstić information content (AvgIpc) is 3.33. The van der Waals surface area contributed by atoms with Crippen LogP contribution in [0.25, 0.3) is 0 Å². The van der Waals surface area contributed by atoms with E-state index >= 15 is 0 Å². The van der Waals surface area contributed by atoms with E-state index < -0.39 is 15.8 Å². The Kier molecular flexibility index (Phi) is 5.23. The quantitative estimate of drug-likeness (QED) is 0.634. The molecule has 1 aliphatic rings. The molecule has 0 spiro atoms. The first kappa shape index (κ1) is 18.8. The van der Waals surface area contributed by atoms with Crippen LogP contribution >= 0.6 is 0 Å². The zero-order chi connectivity index (χ0) is 19.6. The van der Waals surface area contributed by atoms with Gasteiger partial charge in [-0.15, -0.1) is 0 Å². The van der Waals surface area contributed by atoms with Gasteiger partial charge in [-0.2, -0.15) is 9.29 Å². The summed E-state index contributed by atoms with van der Waals surface area (Å²) >= 11 is 0. The molecule has 0 amide bonds. The summed E-state index contributed by atoms with van der Waals surface area (Å²) in [5, 5.41) is 4.00. The standard InChI is InChI=1S/C20H20FN3O3S/c21-17-10-4-5-11-18(17)28(25,26)24-12-6-9-16(24)14-19-22-20(27-23-19)13-15-7-2-1-3-8-15/h1-5,7-8,10-11,16H,6,9,12-14H2. The second kappa shape index (κ2) is 7.81. The van der Waals surface area contributed by atoms with Gasteiger partial charge in [0, 0.05) is 19.0 Å². The Hall–Kier alpha value is -2.58. The van der Waals surface area contributed by atoms with Gasteiger partial charge in [-0.05, 0) is 30.5 Å². The second-order valence-electron chi connectivity index (χ2n) is 6.81. The zero-order valence-electron chi connectivity index (χ0n) is 15.2. The third-order valence-corrected chi connectivity index (χ3v) is 6.86. The van der Waals surface area contributed by atoms with E-state index in [2.05, 4.69) is 10.1 Å². The van der Waals surface area contributed by atoms with Gasteiger partial charge in [0.25, 0.3) is 0 Å². The van der Waals surface area contributed by atoms with Crippen LogP contribution in [-0.4, -0.2) is 35.5 Å². The summed E-state index contributed by atoms with van der Waals surface area (Å²) in [6.07, 6.45) is 2.25. The Morgan fingerprint density at radius 3 is 2.64 bits per heavy atom. The first-order valence-electron chi connectivity index (χ1n) is 9.16. The zero-order valence-corrected chi connectivity index (χ0v) is 16.0. The van der Waals surface area contributed by atoms with E-state index in [1.54, 1.807) is 0 Å². The number of rotatable bonds is 6. The van der Waals surface area contributed by atoms with Crippen LogP contribution in [0.15, 0.2) is 64.0 Å². The number of nitrogens with zero attached hydrogens (tertiary/aromatic N) is 3. The highest BCUT2D eigenvalue weighted by Gasteiger charge is 2.37. The number of hydrogen-bond donors (Lipinski definition) is 0. The van der Waals surface area contributed by atoms with E-state index in [4.69, 9.17) is 4.52 Å². The van der Waals surface area contributed by atoms with Crippen LogP contribution in [0, 0.1) is 5.82 Å². The lowest BCUT2D eigenvalue weighted by molar-refractivity contribution is 0.358. The third-order valence-electron chi connectivity index (χ3n) is 4.87. The molecule has 6 nitrogen and oxygen atoms in total. The van der Waals surface area contributed by atoms with Gasteiger partial charge in [0.1, 0.15) is 10.7 Å². The summed E-state index contributed by atoms with van der Waals surface area (Å²) in [5.74, 6) is 0.215. The molecule has 1 aliphatic heterocycles. The van der Waals surface area contributed by atoms with E-state index in [0.29, 0.717) is 43.9 Å². The Labute approximate surface area is 163 Å². The van der Waals surface area contributed by atoms with E-state index in [-0.39, 0.29) is 10.9 Å². The molecule has 1 fully saturated rings. The van der Waals surface area contributed by atoms with Crippen LogP contribution in [0.2, 0.25) is 0 Å². The maximum atomic E-state index is 14.1. The summed E-state index contributed by atoms with van der Waals surface area (Å²) in [7, 11) is -3.91. The van der Waals surface area contributed by atoms with Gasteiger partial charge in [0.15, 0.2) is 5.82 Å². The molecular formula is C20H20FN3O3S. The topological polar surface area (TPSA) is 76.3 Å². The van der Waals surface area contributed by atoms with Gasteiger partial charge >= 0.3 is 0 Å². The molecule has 1 atom stereocenters. The number of hydrogen-bond acceptors (Lipinski definition) is 5. The fraction of sp³-hybridized carbons (Fsp3) is 0.300. The summed E-state index contributed by atoms with van der Waals surface area (Å²) < 4.78 is 46.6. The largest absolute Gasteiger partial charge is 0.339 e. The maximum Gasteiger partial charge on any atom is 0.246 e. The van der Waals surface area contributed by atoms with Crippen LogP contribution < -0.4 is 0 Å². The maximum absolute atomic E-state index is 14.1. The average molecular weight is 401 g/mol. The van der Waals surface area contributed by atoms with Crippen LogP contribution in [-0.2, 0) is 22.9 Å². The molecule has 0 N–H and O–H groups in total. The molecule has 0 aliphatic carbocycles. The first-order chi connectivity index (χ1) is 13.5. The fourth-order valence-electron chi connectivity index (χ4n) is 3.54. The fourth-order valence-corrected chi connectivity index (χ4v) is 5.30. The SMILES string of the molecule is O=S(=O)(c1ccccc1F)N1CCCC1Cc1noc(Cc2ccccc2)n1. The minimum absolute atomic E-state index is 0.292. The predicted molar refractivity (Wildman–Crippen MR) is 101 cm³/mol. The molecule has 3 aromatic rings. The highest BCUT2D eigenvalue weighted by Crippen LogP contribution is 2.29. The summed E-state index contributed by atoms with van der Waals surface area (Å²) in [6, 6.07) is 14.9. The van der Waals surface area contributed by atoms with Crippen molar-refractivity contribution in [1.29, 1.82) is 0 Å². The molecular weight excluding hydrogens is 381 g/mol. The van der Waals surface area contributed by atoms with Crippen molar-refractivity contribution >= 4 is 10.0 Å². The summed E-state index contributed by atoms with van der Waals surface area (Å²) in [5.41, 5.74) is 1.06. The van der Waals surface area contributed by atoms with E-state index in [0.717, 1.165) is 11.6 Å².